The number of likely N-dealkylation sites (tertiary alicyclic amines) is 1. The van der Waals surface area contributed by atoms with Crippen LogP contribution in [0.15, 0.2) is 30.3 Å². The zero-order valence-electron chi connectivity index (χ0n) is 11.5. The van der Waals surface area contributed by atoms with Crippen molar-refractivity contribution in [2.75, 3.05) is 13.1 Å². The van der Waals surface area contributed by atoms with Crippen molar-refractivity contribution < 1.29 is 14.3 Å². The molecular formula is C16H19NO3. The number of hydrogen-bond acceptors (Lipinski definition) is 3. The zero-order valence-corrected chi connectivity index (χ0v) is 11.5. The summed E-state index contributed by atoms with van der Waals surface area (Å²) >= 11 is 0. The number of hydrogen-bond donors (Lipinski definition) is 0. The number of ketones is 1. The third-order valence-corrected chi connectivity index (χ3v) is 4.39. The first-order valence-corrected chi connectivity index (χ1v) is 7.22. The molecule has 106 valence electrons. The lowest BCUT2D eigenvalue weighted by molar-refractivity contribution is -0.122. The van der Waals surface area contributed by atoms with Crippen molar-refractivity contribution in [3.05, 3.63) is 35.9 Å². The van der Waals surface area contributed by atoms with E-state index in [9.17, 15) is 9.59 Å². The molecular weight excluding hydrogens is 254 g/mol. The second-order valence-electron chi connectivity index (χ2n) is 5.65. The van der Waals surface area contributed by atoms with Gasteiger partial charge in [-0.15, -0.1) is 0 Å². The van der Waals surface area contributed by atoms with Gasteiger partial charge in [-0.2, -0.15) is 0 Å². The molecule has 3 rings (SSSR count). The first kappa shape index (κ1) is 13.2. The third-order valence-electron chi connectivity index (χ3n) is 4.39. The van der Waals surface area contributed by atoms with Crippen LogP contribution < -0.4 is 0 Å². The van der Waals surface area contributed by atoms with E-state index in [1.165, 1.54) is 0 Å². The van der Waals surface area contributed by atoms with Crippen molar-refractivity contribution in [1.29, 1.82) is 0 Å². The van der Waals surface area contributed by atoms with Gasteiger partial charge in [0, 0.05) is 25.4 Å². The fourth-order valence-electron chi connectivity index (χ4n) is 3.20. The zero-order chi connectivity index (χ0) is 13.9. The molecule has 0 spiro atoms. The summed E-state index contributed by atoms with van der Waals surface area (Å²) in [6.07, 6.45) is 2.31. The molecule has 1 amide bonds. The Hall–Kier alpha value is -1.84. The average Bonchev–Trinajstić information content (AvgIpc) is 2.87. The summed E-state index contributed by atoms with van der Waals surface area (Å²) in [5.74, 6) is 0.851. The highest BCUT2D eigenvalue weighted by atomic mass is 16.6. The van der Waals surface area contributed by atoms with Crippen LogP contribution in [-0.2, 0) is 16.1 Å². The second-order valence-corrected chi connectivity index (χ2v) is 5.65. The fourth-order valence-corrected chi connectivity index (χ4v) is 3.20. The number of rotatable bonds is 2. The number of amides is 1. The molecule has 2 atom stereocenters. The van der Waals surface area contributed by atoms with Gasteiger partial charge in [0.2, 0.25) is 0 Å². The Labute approximate surface area is 118 Å². The van der Waals surface area contributed by atoms with Crippen LogP contribution in [0.4, 0.5) is 4.79 Å². The minimum Gasteiger partial charge on any atom is -0.445 e. The molecule has 0 unspecified atom stereocenters. The lowest BCUT2D eigenvalue weighted by atomic mass is 9.88. The Morgan fingerprint density at radius 2 is 2.05 bits per heavy atom. The molecule has 0 radical (unpaired) electrons. The number of nitrogens with zero attached hydrogens (tertiary/aromatic N) is 1. The van der Waals surface area contributed by atoms with Crippen molar-refractivity contribution in [3.8, 4) is 0 Å². The van der Waals surface area contributed by atoms with Crippen molar-refractivity contribution in [2.45, 2.75) is 25.9 Å². The fraction of sp³-hybridized carbons (Fsp3) is 0.500. The van der Waals surface area contributed by atoms with Crippen molar-refractivity contribution >= 4 is 11.9 Å². The summed E-state index contributed by atoms with van der Waals surface area (Å²) in [6, 6.07) is 9.64. The molecule has 1 heterocycles. The van der Waals surface area contributed by atoms with Gasteiger partial charge in [-0.3, -0.25) is 4.79 Å². The maximum atomic E-state index is 12.1. The van der Waals surface area contributed by atoms with E-state index >= 15 is 0 Å². The van der Waals surface area contributed by atoms with Crippen molar-refractivity contribution in [1.82, 2.24) is 4.90 Å². The summed E-state index contributed by atoms with van der Waals surface area (Å²) in [5.41, 5.74) is 0.979. The van der Waals surface area contributed by atoms with Crippen LogP contribution in [0.3, 0.4) is 0 Å². The van der Waals surface area contributed by atoms with Crippen LogP contribution in [0.2, 0.25) is 0 Å². The van der Waals surface area contributed by atoms with Gasteiger partial charge < -0.3 is 9.64 Å². The molecule has 1 aromatic rings. The summed E-state index contributed by atoms with van der Waals surface area (Å²) in [5, 5.41) is 0. The Bertz CT molecular complexity index is 500. The Balaban J connectivity index is 1.54. The number of fused-ring (bicyclic) bond motifs is 1. The first-order chi connectivity index (χ1) is 9.74. The molecule has 0 aromatic heterocycles. The second kappa shape index (κ2) is 5.65. The van der Waals surface area contributed by atoms with E-state index in [2.05, 4.69) is 0 Å². The highest BCUT2D eigenvalue weighted by molar-refractivity contribution is 5.84. The van der Waals surface area contributed by atoms with E-state index in [1.807, 2.05) is 30.3 Å². The molecule has 1 aliphatic heterocycles. The number of ether oxygens (including phenoxy) is 1. The van der Waals surface area contributed by atoms with Gasteiger partial charge in [0.05, 0.1) is 0 Å². The minimum absolute atomic E-state index is 0.0491. The number of Topliss-reactive ketones (excluding diaryl/α,β-unsaturated/α-hetero) is 1. The van der Waals surface area contributed by atoms with Gasteiger partial charge in [-0.05, 0) is 24.3 Å². The summed E-state index contributed by atoms with van der Waals surface area (Å²) in [6.45, 7) is 1.54. The van der Waals surface area contributed by atoms with Gasteiger partial charge in [0.25, 0.3) is 0 Å². The van der Waals surface area contributed by atoms with E-state index in [4.69, 9.17) is 4.74 Å². The molecule has 4 nitrogen and oxygen atoms in total. The van der Waals surface area contributed by atoms with Crippen LogP contribution >= 0.6 is 0 Å². The van der Waals surface area contributed by atoms with Crippen LogP contribution in [-0.4, -0.2) is 29.9 Å². The van der Waals surface area contributed by atoms with Crippen molar-refractivity contribution in [2.24, 2.45) is 11.8 Å². The minimum atomic E-state index is -0.299. The van der Waals surface area contributed by atoms with Crippen LogP contribution in [0, 0.1) is 11.8 Å². The number of carbonyl (C=O) groups is 2. The maximum Gasteiger partial charge on any atom is 0.410 e. The lowest BCUT2D eigenvalue weighted by Gasteiger charge is -2.33. The van der Waals surface area contributed by atoms with Crippen LogP contribution in [0.5, 0.6) is 0 Å². The third kappa shape index (κ3) is 2.69. The van der Waals surface area contributed by atoms with Crippen LogP contribution in [0.1, 0.15) is 24.8 Å². The molecule has 2 fully saturated rings. The van der Waals surface area contributed by atoms with Crippen LogP contribution in [0.25, 0.3) is 0 Å². The van der Waals surface area contributed by atoms with Crippen molar-refractivity contribution in [3.63, 3.8) is 0 Å². The molecule has 1 saturated heterocycles. The lowest BCUT2D eigenvalue weighted by Crippen LogP contribution is -2.44. The van der Waals surface area contributed by atoms with Gasteiger partial charge in [-0.25, -0.2) is 4.79 Å². The predicted octanol–water partition coefficient (Wildman–Crippen LogP) is 2.62. The van der Waals surface area contributed by atoms with Gasteiger partial charge in [-0.1, -0.05) is 30.3 Å². The van der Waals surface area contributed by atoms with Gasteiger partial charge >= 0.3 is 6.09 Å². The molecule has 2 aliphatic rings. The topological polar surface area (TPSA) is 46.6 Å². The summed E-state index contributed by atoms with van der Waals surface area (Å²) in [7, 11) is 0. The SMILES string of the molecule is O=C1CC[C@H]2CCN(C(=O)OCc3ccccc3)C[C@@H]12. The Morgan fingerprint density at radius 3 is 2.85 bits per heavy atom. The van der Waals surface area contributed by atoms with E-state index in [0.717, 1.165) is 18.4 Å². The molecule has 20 heavy (non-hydrogen) atoms. The number of benzene rings is 1. The highest BCUT2D eigenvalue weighted by Crippen LogP contribution is 2.35. The number of piperidine rings is 1. The summed E-state index contributed by atoms with van der Waals surface area (Å²) in [4.78, 5) is 25.5. The average molecular weight is 273 g/mol. The largest absolute Gasteiger partial charge is 0.445 e. The Kier molecular flexibility index (Phi) is 3.72. The smallest absolute Gasteiger partial charge is 0.410 e. The van der Waals surface area contributed by atoms with E-state index in [0.29, 0.717) is 31.2 Å². The molecule has 1 saturated carbocycles. The van der Waals surface area contributed by atoms with E-state index in [-0.39, 0.29) is 18.6 Å². The highest BCUT2D eigenvalue weighted by Gasteiger charge is 2.40. The molecule has 1 aromatic carbocycles. The van der Waals surface area contributed by atoms with E-state index in [1.54, 1.807) is 4.90 Å². The molecule has 0 N–H and O–H groups in total. The molecule has 4 heteroatoms. The predicted molar refractivity (Wildman–Crippen MR) is 74.0 cm³/mol. The Morgan fingerprint density at radius 1 is 1.25 bits per heavy atom. The first-order valence-electron chi connectivity index (χ1n) is 7.22. The summed E-state index contributed by atoms with van der Waals surface area (Å²) < 4.78 is 5.33. The standard InChI is InChI=1S/C16H19NO3/c18-15-7-6-13-8-9-17(10-14(13)15)16(19)20-11-12-4-2-1-3-5-12/h1-5,13-14H,6-11H2/t13-,14+/m0/s1. The monoisotopic (exact) mass is 273 g/mol. The molecule has 1 aliphatic carbocycles. The molecule has 0 bridgehead atoms. The van der Waals surface area contributed by atoms with E-state index < -0.39 is 0 Å². The maximum absolute atomic E-state index is 12.1. The van der Waals surface area contributed by atoms with Gasteiger partial charge in [0.15, 0.2) is 0 Å². The number of carbonyl (C=O) groups excluding carboxylic acids is 2. The normalized spacial score (nSPS) is 25.4. The quantitative estimate of drug-likeness (QED) is 0.832. The van der Waals surface area contributed by atoms with Gasteiger partial charge in [0.1, 0.15) is 12.4 Å².